The molecule has 4 heterocycles. The van der Waals surface area contributed by atoms with Gasteiger partial charge in [-0.25, -0.2) is 9.97 Å². The molecule has 0 saturated carbocycles. The molecule has 13 aromatic rings. The summed E-state index contributed by atoms with van der Waals surface area (Å²) in [4.78, 5) is 10.9. The van der Waals surface area contributed by atoms with Crippen molar-refractivity contribution in [2.75, 3.05) is 0 Å². The second-order valence-corrected chi connectivity index (χ2v) is 16.7. The number of hydrogen-bond donors (Lipinski definition) is 0. The lowest BCUT2D eigenvalue weighted by molar-refractivity contribution is 1.15. The molecule has 0 unspecified atom stereocenters. The Balaban J connectivity index is 1.03. The minimum absolute atomic E-state index is 0.632. The molecule has 0 saturated heterocycles. The zero-order chi connectivity index (χ0) is 43.0. The Kier molecular flexibility index (Phi) is 8.30. The summed E-state index contributed by atoms with van der Waals surface area (Å²) in [6, 6.07) is 78.0. The Labute approximate surface area is 375 Å². The fourth-order valence-corrected chi connectivity index (χ4v) is 10.1. The van der Waals surface area contributed by atoms with E-state index in [4.69, 9.17) is 9.97 Å². The van der Waals surface area contributed by atoms with Crippen LogP contribution in [0.5, 0.6) is 0 Å². The maximum Gasteiger partial charge on any atom is 0.160 e. The highest BCUT2D eigenvalue weighted by molar-refractivity contribution is 6.11. The van der Waals surface area contributed by atoms with E-state index in [0.29, 0.717) is 5.82 Å². The fraction of sp³-hybridized carbons (Fsp3) is 0. The van der Waals surface area contributed by atoms with Crippen molar-refractivity contribution >= 4 is 71.5 Å². The molecular formula is C60H39N5. The van der Waals surface area contributed by atoms with Crippen LogP contribution in [0.15, 0.2) is 225 Å². The third-order valence-corrected chi connectivity index (χ3v) is 13.0. The van der Waals surface area contributed by atoms with Crippen molar-refractivity contribution in [3.8, 4) is 51.0 Å². The lowest BCUT2D eigenvalue weighted by Gasteiger charge is -2.15. The Morgan fingerprint density at radius 1 is 0.308 bits per heavy atom. The van der Waals surface area contributed by atoms with Gasteiger partial charge in [-0.05, 0) is 90.5 Å². The molecule has 304 valence electrons. The van der Waals surface area contributed by atoms with Gasteiger partial charge in [-0.15, -0.1) is 0 Å². The van der Waals surface area contributed by atoms with Crippen LogP contribution < -0.4 is 0 Å². The average molecular weight is 830 g/mol. The minimum Gasteiger partial charge on any atom is -0.309 e. The lowest BCUT2D eigenvalue weighted by atomic mass is 10.0. The molecule has 0 spiro atoms. The molecule has 0 aliphatic heterocycles. The highest BCUT2D eigenvalue weighted by atomic mass is 15.0. The highest BCUT2D eigenvalue weighted by Gasteiger charge is 2.19. The van der Waals surface area contributed by atoms with Crippen molar-refractivity contribution in [3.05, 3.63) is 231 Å². The topological polar surface area (TPSA) is 40.6 Å². The number of rotatable bonds is 7. The summed E-state index contributed by atoms with van der Waals surface area (Å²) in [6.07, 6.45) is 1.91. The van der Waals surface area contributed by atoms with Crippen LogP contribution in [-0.2, 0) is 0 Å². The summed E-state index contributed by atoms with van der Waals surface area (Å²) in [7, 11) is 0. The van der Waals surface area contributed by atoms with E-state index in [1.54, 1.807) is 0 Å². The second-order valence-electron chi connectivity index (χ2n) is 16.7. The average Bonchev–Trinajstić information content (AvgIpc) is 4.02. The Bertz CT molecular complexity index is 3710. The van der Waals surface area contributed by atoms with Crippen LogP contribution in [0.4, 0.5) is 0 Å². The predicted molar refractivity (Wildman–Crippen MR) is 271 cm³/mol. The highest BCUT2D eigenvalue weighted by Crippen LogP contribution is 2.38. The number of hydrogen-bond acceptors (Lipinski definition) is 2. The second kappa shape index (κ2) is 14.7. The van der Waals surface area contributed by atoms with E-state index >= 15 is 0 Å². The first-order valence-electron chi connectivity index (χ1n) is 22.0. The largest absolute Gasteiger partial charge is 0.309 e. The van der Waals surface area contributed by atoms with Gasteiger partial charge in [0.25, 0.3) is 0 Å². The van der Waals surface area contributed by atoms with E-state index in [-0.39, 0.29) is 0 Å². The molecule has 0 aliphatic rings. The zero-order valence-corrected chi connectivity index (χ0v) is 35.3. The molecule has 5 heteroatoms. The van der Waals surface area contributed by atoms with E-state index in [9.17, 15) is 0 Å². The monoisotopic (exact) mass is 829 g/mol. The van der Waals surface area contributed by atoms with Crippen molar-refractivity contribution < 1.29 is 0 Å². The van der Waals surface area contributed by atoms with Gasteiger partial charge in [0.2, 0.25) is 0 Å². The quantitative estimate of drug-likeness (QED) is 0.161. The normalized spacial score (nSPS) is 11.8. The first kappa shape index (κ1) is 36.8. The molecule has 0 N–H and O–H groups in total. The smallest absolute Gasteiger partial charge is 0.160 e. The number of aromatic nitrogens is 5. The van der Waals surface area contributed by atoms with Gasteiger partial charge in [0.15, 0.2) is 5.82 Å². The first-order chi connectivity index (χ1) is 32.2. The van der Waals surface area contributed by atoms with Gasteiger partial charge >= 0.3 is 0 Å². The van der Waals surface area contributed by atoms with Crippen molar-refractivity contribution in [1.82, 2.24) is 23.7 Å². The molecular weight excluding hydrogens is 791 g/mol. The third-order valence-electron chi connectivity index (χ3n) is 13.0. The van der Waals surface area contributed by atoms with Gasteiger partial charge in [0, 0.05) is 66.1 Å². The van der Waals surface area contributed by atoms with Crippen LogP contribution in [-0.4, -0.2) is 23.7 Å². The maximum atomic E-state index is 5.45. The van der Waals surface area contributed by atoms with Gasteiger partial charge in [-0.1, -0.05) is 146 Å². The van der Waals surface area contributed by atoms with Crippen LogP contribution in [0.1, 0.15) is 5.56 Å². The fourth-order valence-electron chi connectivity index (χ4n) is 10.1. The minimum atomic E-state index is 0.632. The predicted octanol–water partition coefficient (Wildman–Crippen LogP) is 15.4. The molecule has 0 atom stereocenters. The molecule has 4 aromatic heterocycles. The Morgan fingerprint density at radius 3 is 1.02 bits per heavy atom. The van der Waals surface area contributed by atoms with E-state index in [2.05, 4.69) is 239 Å². The van der Waals surface area contributed by atoms with Gasteiger partial charge in [0.05, 0.1) is 44.5 Å². The molecule has 0 aliphatic carbocycles. The van der Waals surface area contributed by atoms with Gasteiger partial charge in [-0.3, -0.25) is 0 Å². The summed E-state index contributed by atoms with van der Waals surface area (Å²) >= 11 is 0. The molecule has 0 radical (unpaired) electrons. The van der Waals surface area contributed by atoms with Gasteiger partial charge in [-0.2, -0.15) is 0 Å². The van der Waals surface area contributed by atoms with Crippen molar-refractivity contribution in [3.63, 3.8) is 0 Å². The SMILES string of the molecule is C=Cc1cc(-c2nc(-c3cccc(-n4c5ccccc5c5ccccc54)c3)cc(-c3cccc(-n4c5ccccc5c5ccccc54)c3)n2)cc(-n2c3ccccc3c3ccccc32)c1. The molecule has 13 rings (SSSR count). The van der Waals surface area contributed by atoms with E-state index in [1.807, 2.05) is 6.08 Å². The van der Waals surface area contributed by atoms with E-state index in [1.165, 1.54) is 32.3 Å². The van der Waals surface area contributed by atoms with Crippen LogP contribution in [0, 0.1) is 0 Å². The summed E-state index contributed by atoms with van der Waals surface area (Å²) in [6.45, 7) is 4.24. The van der Waals surface area contributed by atoms with Crippen LogP contribution in [0.2, 0.25) is 0 Å². The number of nitrogens with zero attached hydrogens (tertiary/aromatic N) is 5. The van der Waals surface area contributed by atoms with Crippen molar-refractivity contribution in [1.29, 1.82) is 0 Å². The van der Waals surface area contributed by atoms with Gasteiger partial charge < -0.3 is 13.7 Å². The molecule has 0 bridgehead atoms. The number of fused-ring (bicyclic) bond motifs is 9. The third kappa shape index (κ3) is 5.87. The van der Waals surface area contributed by atoms with Crippen molar-refractivity contribution in [2.45, 2.75) is 0 Å². The standard InChI is InChI=1S/C60H39N5/c1-2-39-33-42(37-45(34-39)65-58-31-13-7-25-50(58)51-26-8-14-32-59(51)65)60-61-52(40-17-15-19-43(35-40)63-54-27-9-3-21-46(54)47-22-4-10-28-55(47)63)38-53(62-60)41-18-16-20-44(36-41)64-56-29-11-5-23-48(56)49-24-6-12-30-57(49)64/h2-38H,1H2. The summed E-state index contributed by atoms with van der Waals surface area (Å²) in [5, 5.41) is 7.32. The van der Waals surface area contributed by atoms with E-state index in [0.717, 1.165) is 83.8 Å². The summed E-state index contributed by atoms with van der Waals surface area (Å²) in [5.74, 6) is 0.632. The lowest BCUT2D eigenvalue weighted by Crippen LogP contribution is -2.00. The van der Waals surface area contributed by atoms with Crippen LogP contribution in [0.3, 0.4) is 0 Å². The molecule has 0 fully saturated rings. The van der Waals surface area contributed by atoms with Crippen LogP contribution >= 0.6 is 0 Å². The van der Waals surface area contributed by atoms with Gasteiger partial charge in [0.1, 0.15) is 0 Å². The molecule has 65 heavy (non-hydrogen) atoms. The molecule has 9 aromatic carbocycles. The number of para-hydroxylation sites is 6. The van der Waals surface area contributed by atoms with Crippen molar-refractivity contribution in [2.24, 2.45) is 0 Å². The molecule has 5 nitrogen and oxygen atoms in total. The first-order valence-corrected chi connectivity index (χ1v) is 22.0. The Morgan fingerprint density at radius 2 is 0.646 bits per heavy atom. The summed E-state index contributed by atoms with van der Waals surface area (Å²) in [5.41, 5.74) is 15.6. The van der Waals surface area contributed by atoms with Crippen LogP contribution in [0.25, 0.3) is 122 Å². The summed E-state index contributed by atoms with van der Waals surface area (Å²) < 4.78 is 7.06. The maximum absolute atomic E-state index is 5.45. The Hall–Kier alpha value is -8.80. The number of benzene rings is 9. The molecule has 0 amide bonds. The zero-order valence-electron chi connectivity index (χ0n) is 35.3. The van der Waals surface area contributed by atoms with E-state index < -0.39 is 0 Å².